The summed E-state index contributed by atoms with van der Waals surface area (Å²) in [7, 11) is 2.46. The fourth-order valence-corrected chi connectivity index (χ4v) is 2.72. The van der Waals surface area contributed by atoms with Gasteiger partial charge in [0.05, 0.1) is 21.3 Å². The third-order valence-electron chi connectivity index (χ3n) is 3.81. The number of esters is 3. The van der Waals surface area contributed by atoms with E-state index in [4.69, 9.17) is 4.74 Å². The van der Waals surface area contributed by atoms with Crippen molar-refractivity contribution >= 4 is 17.9 Å². The van der Waals surface area contributed by atoms with Crippen LogP contribution in [0.5, 0.6) is 0 Å². The van der Waals surface area contributed by atoms with Gasteiger partial charge in [0, 0.05) is 0 Å². The molecule has 1 heterocycles. The highest BCUT2D eigenvalue weighted by Crippen LogP contribution is 2.57. The zero-order valence-electron chi connectivity index (χ0n) is 13.2. The summed E-state index contributed by atoms with van der Waals surface area (Å²) < 4.78 is 18.4. The molecule has 1 atom stereocenters. The summed E-state index contributed by atoms with van der Waals surface area (Å²) in [6.45, 7) is 0. The van der Waals surface area contributed by atoms with Crippen LogP contribution in [0.15, 0.2) is 0 Å². The Balaban J connectivity index is 4.16. The Morgan fingerprint density at radius 3 is 1.56 bits per heavy atom. The molecule has 0 aliphatic carbocycles. The lowest BCUT2D eigenvalue weighted by molar-refractivity contribution is -0.182. The van der Waals surface area contributed by atoms with E-state index in [9.17, 15) is 35.4 Å². The van der Waals surface area contributed by atoms with Crippen molar-refractivity contribution in [2.24, 2.45) is 11.3 Å². The SMILES string of the molecule is COC(=O)C1C(C#N)(C#N)OC(C#N)(C#N)C1(C(=O)OC)C(=O)OC. The molecule has 11 nitrogen and oxygen atoms in total. The first-order valence-corrected chi connectivity index (χ1v) is 6.37. The van der Waals surface area contributed by atoms with Crippen LogP contribution in [0.25, 0.3) is 0 Å². The number of carbonyl (C=O) groups excluding carboxylic acids is 3. The molecule has 0 aromatic heterocycles. The third-order valence-corrected chi connectivity index (χ3v) is 3.81. The minimum absolute atomic E-state index is 0.805. The number of nitrogens with zero attached hydrogens (tertiary/aromatic N) is 4. The molecular formula is C14H10N4O7. The molecule has 1 aliphatic heterocycles. The van der Waals surface area contributed by atoms with Crippen LogP contribution in [-0.2, 0) is 33.3 Å². The molecule has 1 unspecified atom stereocenters. The molecule has 1 rings (SSSR count). The lowest BCUT2D eigenvalue weighted by Crippen LogP contribution is -2.60. The van der Waals surface area contributed by atoms with Crippen molar-refractivity contribution in [3.05, 3.63) is 0 Å². The molecule has 1 saturated heterocycles. The minimum Gasteiger partial charge on any atom is -0.469 e. The summed E-state index contributed by atoms with van der Waals surface area (Å²) in [5.74, 6) is -6.90. The highest BCUT2D eigenvalue weighted by molar-refractivity contribution is 6.08. The summed E-state index contributed by atoms with van der Waals surface area (Å²) in [5, 5.41) is 37.6. The molecule has 0 aromatic carbocycles. The van der Waals surface area contributed by atoms with E-state index in [2.05, 4.69) is 14.2 Å². The normalized spacial score (nSPS) is 21.3. The second-order valence-electron chi connectivity index (χ2n) is 4.71. The van der Waals surface area contributed by atoms with Gasteiger partial charge in [0.25, 0.3) is 11.2 Å². The molecule has 11 heteroatoms. The van der Waals surface area contributed by atoms with Crippen LogP contribution < -0.4 is 0 Å². The molecule has 0 amide bonds. The molecule has 0 bridgehead atoms. The predicted octanol–water partition coefficient (Wildman–Crippen LogP) is -1.29. The van der Waals surface area contributed by atoms with Gasteiger partial charge in [-0.3, -0.25) is 14.4 Å². The van der Waals surface area contributed by atoms with E-state index in [1.54, 1.807) is 0 Å². The summed E-state index contributed by atoms with van der Waals surface area (Å²) >= 11 is 0. The lowest BCUT2D eigenvalue weighted by Gasteiger charge is -2.32. The van der Waals surface area contributed by atoms with Crippen molar-refractivity contribution in [3.63, 3.8) is 0 Å². The maximum atomic E-state index is 12.5. The first-order chi connectivity index (χ1) is 11.8. The van der Waals surface area contributed by atoms with E-state index in [1.165, 1.54) is 24.3 Å². The average molecular weight is 346 g/mol. The van der Waals surface area contributed by atoms with Gasteiger partial charge in [-0.25, -0.2) is 0 Å². The number of hydrogen-bond donors (Lipinski definition) is 0. The molecule has 0 aromatic rings. The van der Waals surface area contributed by atoms with Gasteiger partial charge in [0.15, 0.2) is 0 Å². The van der Waals surface area contributed by atoms with Crippen LogP contribution in [0.4, 0.5) is 0 Å². The summed E-state index contributed by atoms with van der Waals surface area (Å²) in [6.07, 6.45) is 0. The Morgan fingerprint density at radius 2 is 1.28 bits per heavy atom. The van der Waals surface area contributed by atoms with E-state index in [0.29, 0.717) is 0 Å². The van der Waals surface area contributed by atoms with E-state index >= 15 is 0 Å². The monoisotopic (exact) mass is 346 g/mol. The summed E-state index contributed by atoms with van der Waals surface area (Å²) in [6, 6.07) is 5.22. The van der Waals surface area contributed by atoms with Crippen LogP contribution in [0.1, 0.15) is 0 Å². The molecular weight excluding hydrogens is 336 g/mol. The van der Waals surface area contributed by atoms with Gasteiger partial charge in [-0.15, -0.1) is 0 Å². The Kier molecular flexibility index (Phi) is 5.00. The zero-order valence-corrected chi connectivity index (χ0v) is 13.2. The van der Waals surface area contributed by atoms with E-state index in [1.807, 2.05) is 0 Å². The van der Waals surface area contributed by atoms with E-state index in [-0.39, 0.29) is 0 Å². The van der Waals surface area contributed by atoms with E-state index in [0.717, 1.165) is 21.3 Å². The number of hydrogen-bond acceptors (Lipinski definition) is 11. The second kappa shape index (κ2) is 6.45. The molecule has 1 aliphatic rings. The number of carbonyl (C=O) groups is 3. The van der Waals surface area contributed by atoms with E-state index < -0.39 is 40.4 Å². The average Bonchev–Trinajstić information content (AvgIpc) is 2.94. The van der Waals surface area contributed by atoms with Crippen molar-refractivity contribution in [1.29, 1.82) is 21.0 Å². The van der Waals surface area contributed by atoms with Crippen LogP contribution in [0.2, 0.25) is 0 Å². The Morgan fingerprint density at radius 1 is 0.840 bits per heavy atom. The smallest absolute Gasteiger partial charge is 0.329 e. The molecule has 1 fully saturated rings. The minimum atomic E-state index is -3.08. The summed E-state index contributed by atoms with van der Waals surface area (Å²) in [5.41, 5.74) is -9.00. The molecule has 128 valence electrons. The van der Waals surface area contributed by atoms with Gasteiger partial charge < -0.3 is 18.9 Å². The first-order valence-electron chi connectivity index (χ1n) is 6.37. The summed E-state index contributed by atoms with van der Waals surface area (Å²) in [4.78, 5) is 37.3. The Bertz CT molecular complexity index is 748. The quantitative estimate of drug-likeness (QED) is 0.336. The molecule has 0 spiro atoms. The highest BCUT2D eigenvalue weighted by Gasteiger charge is 2.84. The van der Waals surface area contributed by atoms with Gasteiger partial charge in [-0.05, 0) is 0 Å². The van der Waals surface area contributed by atoms with Crippen molar-refractivity contribution in [2.75, 3.05) is 21.3 Å². The molecule has 0 N–H and O–H groups in total. The van der Waals surface area contributed by atoms with Gasteiger partial charge in [0.2, 0.25) is 5.41 Å². The Hall–Kier alpha value is -3.67. The van der Waals surface area contributed by atoms with Crippen molar-refractivity contribution in [1.82, 2.24) is 0 Å². The van der Waals surface area contributed by atoms with Crippen molar-refractivity contribution in [3.8, 4) is 24.3 Å². The fourth-order valence-electron chi connectivity index (χ4n) is 2.72. The maximum absolute atomic E-state index is 12.5. The molecule has 0 radical (unpaired) electrons. The van der Waals surface area contributed by atoms with Crippen LogP contribution >= 0.6 is 0 Å². The number of nitriles is 4. The Labute approximate surface area is 141 Å². The van der Waals surface area contributed by atoms with Crippen LogP contribution in [0.3, 0.4) is 0 Å². The first kappa shape index (κ1) is 19.4. The molecule has 0 saturated carbocycles. The van der Waals surface area contributed by atoms with Gasteiger partial charge in [0.1, 0.15) is 30.2 Å². The van der Waals surface area contributed by atoms with Gasteiger partial charge in [-0.1, -0.05) is 0 Å². The predicted molar refractivity (Wildman–Crippen MR) is 71.0 cm³/mol. The lowest BCUT2D eigenvalue weighted by atomic mass is 9.63. The van der Waals surface area contributed by atoms with Crippen LogP contribution in [-0.4, -0.2) is 50.4 Å². The standard InChI is InChI=1S/C14H10N4O7/c1-22-9(19)8-12(4-15,5-16)25-13(6-17,7-18)14(8,10(20)23-2)11(21)24-3/h8H,1-3H3. The molecule has 25 heavy (non-hydrogen) atoms. The largest absolute Gasteiger partial charge is 0.469 e. The highest BCUT2D eigenvalue weighted by atomic mass is 16.6. The van der Waals surface area contributed by atoms with Gasteiger partial charge >= 0.3 is 17.9 Å². The third kappa shape index (κ3) is 2.08. The topological polar surface area (TPSA) is 183 Å². The van der Waals surface area contributed by atoms with Crippen molar-refractivity contribution in [2.45, 2.75) is 11.2 Å². The van der Waals surface area contributed by atoms with Gasteiger partial charge in [-0.2, -0.15) is 21.0 Å². The van der Waals surface area contributed by atoms with Crippen LogP contribution in [0, 0.1) is 56.7 Å². The second-order valence-corrected chi connectivity index (χ2v) is 4.71. The number of rotatable bonds is 3. The number of methoxy groups -OCH3 is 3. The van der Waals surface area contributed by atoms with Crippen molar-refractivity contribution < 1.29 is 33.3 Å². The maximum Gasteiger partial charge on any atom is 0.329 e. The fraction of sp³-hybridized carbons (Fsp3) is 0.500. The zero-order chi connectivity index (χ0) is 19.5. The number of ether oxygens (including phenoxy) is 4.